The summed E-state index contributed by atoms with van der Waals surface area (Å²) in [6.45, 7) is 7.13. The van der Waals surface area contributed by atoms with Gasteiger partial charge in [-0.05, 0) is 36.6 Å². The summed E-state index contributed by atoms with van der Waals surface area (Å²) in [6, 6.07) is 6.68. The van der Waals surface area contributed by atoms with E-state index >= 15 is 0 Å². The maximum absolute atomic E-state index is 12.9. The van der Waals surface area contributed by atoms with Crippen molar-refractivity contribution < 1.29 is 4.39 Å². The van der Waals surface area contributed by atoms with Crippen LogP contribution in [0.4, 0.5) is 4.39 Å². The molecule has 114 valence electrons. The van der Waals surface area contributed by atoms with Crippen LogP contribution in [0.5, 0.6) is 0 Å². The third kappa shape index (κ3) is 4.61. The number of halogens is 1. The Balaban J connectivity index is 2.02. The second-order valence-electron chi connectivity index (χ2n) is 6.51. The lowest BCUT2D eigenvalue weighted by atomic mass is 9.93. The zero-order chi connectivity index (χ0) is 15.5. The highest BCUT2D eigenvalue weighted by atomic mass is 32.1. The van der Waals surface area contributed by atoms with E-state index in [1.54, 1.807) is 11.3 Å². The number of hydrogen-bond acceptors (Lipinski definition) is 3. The highest BCUT2D eigenvalue weighted by molar-refractivity contribution is 7.09. The van der Waals surface area contributed by atoms with Crippen LogP contribution >= 0.6 is 11.3 Å². The largest absolute Gasteiger partial charge is 0.330 e. The van der Waals surface area contributed by atoms with E-state index in [4.69, 9.17) is 10.7 Å². The van der Waals surface area contributed by atoms with Gasteiger partial charge in [0.25, 0.3) is 0 Å². The van der Waals surface area contributed by atoms with Crippen molar-refractivity contribution in [2.75, 3.05) is 6.54 Å². The minimum Gasteiger partial charge on any atom is -0.330 e. The van der Waals surface area contributed by atoms with Crippen molar-refractivity contribution in [3.05, 3.63) is 51.7 Å². The van der Waals surface area contributed by atoms with Crippen LogP contribution < -0.4 is 5.73 Å². The van der Waals surface area contributed by atoms with Gasteiger partial charge in [-0.15, -0.1) is 11.3 Å². The van der Waals surface area contributed by atoms with Crippen LogP contribution in [0.1, 0.15) is 37.0 Å². The van der Waals surface area contributed by atoms with Gasteiger partial charge in [0.05, 0.1) is 10.7 Å². The number of rotatable bonds is 5. The molecule has 0 aliphatic carbocycles. The smallest absolute Gasteiger partial charge is 0.123 e. The monoisotopic (exact) mass is 306 g/mol. The summed E-state index contributed by atoms with van der Waals surface area (Å²) in [5, 5.41) is 3.28. The number of nitrogens with zero attached hydrogens (tertiary/aromatic N) is 1. The number of nitrogens with two attached hydrogens (primary N) is 1. The highest BCUT2D eigenvalue weighted by Gasteiger charge is 2.19. The molecule has 0 fully saturated rings. The van der Waals surface area contributed by atoms with Gasteiger partial charge in [-0.1, -0.05) is 32.9 Å². The molecule has 0 spiro atoms. The van der Waals surface area contributed by atoms with E-state index in [1.165, 1.54) is 12.1 Å². The van der Waals surface area contributed by atoms with E-state index in [-0.39, 0.29) is 11.2 Å². The molecule has 4 heteroatoms. The maximum Gasteiger partial charge on any atom is 0.123 e. The fourth-order valence-corrected chi connectivity index (χ4v) is 3.33. The summed E-state index contributed by atoms with van der Waals surface area (Å²) in [7, 11) is 0. The maximum atomic E-state index is 12.9. The Kier molecular flexibility index (Phi) is 5.12. The van der Waals surface area contributed by atoms with Gasteiger partial charge in [0.15, 0.2) is 0 Å². The number of hydrogen-bond donors (Lipinski definition) is 1. The quantitative estimate of drug-likeness (QED) is 0.908. The molecule has 1 aromatic carbocycles. The van der Waals surface area contributed by atoms with Crippen molar-refractivity contribution in [1.82, 2.24) is 4.98 Å². The van der Waals surface area contributed by atoms with Crippen molar-refractivity contribution in [3.63, 3.8) is 0 Å². The van der Waals surface area contributed by atoms with Crippen LogP contribution in [0.25, 0.3) is 0 Å². The molecule has 0 amide bonds. The average molecular weight is 306 g/mol. The first-order valence-electron chi connectivity index (χ1n) is 7.28. The van der Waals surface area contributed by atoms with E-state index in [0.717, 1.165) is 29.1 Å². The number of thiazole rings is 1. The van der Waals surface area contributed by atoms with E-state index < -0.39 is 0 Å². The summed E-state index contributed by atoms with van der Waals surface area (Å²) in [5.74, 6) is 0.146. The van der Waals surface area contributed by atoms with Crippen LogP contribution in [-0.4, -0.2) is 11.5 Å². The molecule has 2 N–H and O–H groups in total. The third-order valence-electron chi connectivity index (χ3n) is 3.55. The summed E-state index contributed by atoms with van der Waals surface area (Å²) in [5.41, 5.74) is 8.24. The van der Waals surface area contributed by atoms with E-state index in [2.05, 4.69) is 26.2 Å². The molecule has 0 aliphatic rings. The SMILES string of the molecule is CC(C)(C)c1csc(CC(CN)Cc2ccc(F)cc2)n1. The predicted octanol–water partition coefficient (Wildman–Crippen LogP) is 3.94. The van der Waals surface area contributed by atoms with Crippen molar-refractivity contribution in [2.24, 2.45) is 11.7 Å². The summed E-state index contributed by atoms with van der Waals surface area (Å²) >= 11 is 1.71. The van der Waals surface area contributed by atoms with Crippen LogP contribution in [0.2, 0.25) is 0 Å². The van der Waals surface area contributed by atoms with Crippen LogP contribution in [0.15, 0.2) is 29.6 Å². The molecule has 0 radical (unpaired) electrons. The lowest BCUT2D eigenvalue weighted by Crippen LogP contribution is -2.19. The van der Waals surface area contributed by atoms with Gasteiger partial charge in [-0.25, -0.2) is 9.37 Å². The molecule has 0 saturated heterocycles. The Morgan fingerprint density at radius 3 is 2.38 bits per heavy atom. The fraction of sp³-hybridized carbons (Fsp3) is 0.471. The molecule has 1 atom stereocenters. The van der Waals surface area contributed by atoms with Crippen molar-refractivity contribution in [1.29, 1.82) is 0 Å². The van der Waals surface area contributed by atoms with E-state index in [1.807, 2.05) is 12.1 Å². The molecule has 2 rings (SSSR count). The normalized spacial score (nSPS) is 13.4. The molecule has 1 unspecified atom stereocenters. The lowest BCUT2D eigenvalue weighted by Gasteiger charge is -2.15. The van der Waals surface area contributed by atoms with E-state index in [0.29, 0.717) is 12.5 Å². The molecular formula is C17H23FN2S. The van der Waals surface area contributed by atoms with Crippen LogP contribution in [0, 0.1) is 11.7 Å². The van der Waals surface area contributed by atoms with Crippen molar-refractivity contribution in [3.8, 4) is 0 Å². The number of benzene rings is 1. The first-order chi connectivity index (χ1) is 9.88. The zero-order valence-electron chi connectivity index (χ0n) is 12.9. The zero-order valence-corrected chi connectivity index (χ0v) is 13.7. The van der Waals surface area contributed by atoms with Gasteiger partial charge in [-0.3, -0.25) is 0 Å². The van der Waals surface area contributed by atoms with Crippen molar-refractivity contribution >= 4 is 11.3 Å². The highest BCUT2D eigenvalue weighted by Crippen LogP contribution is 2.25. The Hall–Kier alpha value is -1.26. The van der Waals surface area contributed by atoms with Gasteiger partial charge in [0, 0.05) is 17.2 Å². The first-order valence-corrected chi connectivity index (χ1v) is 8.16. The first kappa shape index (κ1) is 16.1. The summed E-state index contributed by atoms with van der Waals surface area (Å²) in [6.07, 6.45) is 1.75. The molecule has 2 aromatic rings. The van der Waals surface area contributed by atoms with Crippen LogP contribution in [-0.2, 0) is 18.3 Å². The Labute approximate surface area is 130 Å². The minimum atomic E-state index is -0.196. The Morgan fingerprint density at radius 1 is 1.19 bits per heavy atom. The Bertz CT molecular complexity index is 569. The molecule has 2 nitrogen and oxygen atoms in total. The van der Waals surface area contributed by atoms with Gasteiger partial charge in [0.1, 0.15) is 5.82 Å². The topological polar surface area (TPSA) is 38.9 Å². The molecule has 0 saturated carbocycles. The predicted molar refractivity (Wildman–Crippen MR) is 87.2 cm³/mol. The van der Waals surface area contributed by atoms with Gasteiger partial charge in [-0.2, -0.15) is 0 Å². The molecule has 1 aromatic heterocycles. The molecule has 1 heterocycles. The molecule has 0 bridgehead atoms. The second kappa shape index (κ2) is 6.67. The lowest BCUT2D eigenvalue weighted by molar-refractivity contribution is 0.524. The minimum absolute atomic E-state index is 0.0872. The summed E-state index contributed by atoms with van der Waals surface area (Å²) < 4.78 is 12.9. The van der Waals surface area contributed by atoms with Crippen LogP contribution in [0.3, 0.4) is 0 Å². The fourth-order valence-electron chi connectivity index (χ4n) is 2.19. The summed E-state index contributed by atoms with van der Waals surface area (Å²) in [4.78, 5) is 4.73. The second-order valence-corrected chi connectivity index (χ2v) is 7.46. The van der Waals surface area contributed by atoms with Crippen molar-refractivity contribution in [2.45, 2.75) is 39.0 Å². The van der Waals surface area contributed by atoms with Gasteiger partial charge < -0.3 is 5.73 Å². The average Bonchev–Trinajstić information content (AvgIpc) is 2.89. The van der Waals surface area contributed by atoms with Gasteiger partial charge >= 0.3 is 0 Å². The van der Waals surface area contributed by atoms with E-state index in [9.17, 15) is 4.39 Å². The standard InChI is InChI=1S/C17H23FN2S/c1-17(2,3)15-11-21-16(20-15)9-13(10-19)8-12-4-6-14(18)7-5-12/h4-7,11,13H,8-10,19H2,1-3H3. The molecular weight excluding hydrogens is 283 g/mol. The number of aromatic nitrogens is 1. The third-order valence-corrected chi connectivity index (χ3v) is 4.43. The molecule has 21 heavy (non-hydrogen) atoms. The Morgan fingerprint density at radius 2 is 1.86 bits per heavy atom. The molecule has 0 aliphatic heterocycles. The van der Waals surface area contributed by atoms with Gasteiger partial charge in [0.2, 0.25) is 0 Å².